The highest BCUT2D eigenvalue weighted by Crippen LogP contribution is 2.17. The summed E-state index contributed by atoms with van der Waals surface area (Å²) in [6.07, 6.45) is 2.20. The summed E-state index contributed by atoms with van der Waals surface area (Å²) in [6, 6.07) is 4.78. The standard InChI is InChI=1S/C18H22N2O6/c1-12-14(18(23)24-3)10-13(26-12)11-20(2)16(21)7-4-8-19-17(22)15-6-5-9-25-15/h5-6,9-10H,4,7-8,11H2,1-3H3,(H,19,22). The molecule has 1 N–H and O–H groups in total. The van der Waals surface area contributed by atoms with Gasteiger partial charge in [-0.1, -0.05) is 0 Å². The van der Waals surface area contributed by atoms with Crippen molar-refractivity contribution in [2.45, 2.75) is 26.3 Å². The van der Waals surface area contributed by atoms with E-state index in [0.29, 0.717) is 30.0 Å². The second-order valence-electron chi connectivity index (χ2n) is 5.76. The van der Waals surface area contributed by atoms with Gasteiger partial charge in [0.25, 0.3) is 5.91 Å². The average molecular weight is 362 g/mol. The summed E-state index contributed by atoms with van der Waals surface area (Å²) < 4.78 is 15.2. The summed E-state index contributed by atoms with van der Waals surface area (Å²) >= 11 is 0. The fourth-order valence-corrected chi connectivity index (χ4v) is 2.38. The number of carbonyl (C=O) groups excluding carboxylic acids is 3. The van der Waals surface area contributed by atoms with E-state index in [0.717, 1.165) is 0 Å². The van der Waals surface area contributed by atoms with Gasteiger partial charge in [-0.2, -0.15) is 0 Å². The van der Waals surface area contributed by atoms with Crippen LogP contribution in [0.1, 0.15) is 45.3 Å². The number of methoxy groups -OCH3 is 1. The zero-order valence-electron chi connectivity index (χ0n) is 15.0. The quantitative estimate of drug-likeness (QED) is 0.570. The van der Waals surface area contributed by atoms with E-state index in [-0.39, 0.29) is 30.5 Å². The topological polar surface area (TPSA) is 102 Å². The number of rotatable bonds is 8. The fraction of sp³-hybridized carbons (Fsp3) is 0.389. The molecule has 0 aliphatic carbocycles. The van der Waals surface area contributed by atoms with Crippen LogP contribution >= 0.6 is 0 Å². The third kappa shape index (κ3) is 4.98. The minimum atomic E-state index is -0.473. The van der Waals surface area contributed by atoms with Crippen LogP contribution in [-0.4, -0.2) is 43.4 Å². The maximum Gasteiger partial charge on any atom is 0.341 e. The Kier molecular flexibility index (Phi) is 6.60. The normalized spacial score (nSPS) is 10.4. The van der Waals surface area contributed by atoms with Gasteiger partial charge in [-0.15, -0.1) is 0 Å². The van der Waals surface area contributed by atoms with E-state index in [1.54, 1.807) is 32.2 Å². The van der Waals surface area contributed by atoms with Gasteiger partial charge in [-0.25, -0.2) is 4.79 Å². The van der Waals surface area contributed by atoms with Crippen LogP contribution in [0, 0.1) is 6.92 Å². The summed E-state index contributed by atoms with van der Waals surface area (Å²) in [7, 11) is 2.95. The Morgan fingerprint density at radius 3 is 2.73 bits per heavy atom. The van der Waals surface area contributed by atoms with Gasteiger partial charge in [0, 0.05) is 20.0 Å². The molecule has 2 amide bonds. The molecule has 2 rings (SSSR count). The highest BCUT2D eigenvalue weighted by molar-refractivity contribution is 5.91. The van der Waals surface area contributed by atoms with Gasteiger partial charge in [0.05, 0.1) is 19.9 Å². The first-order valence-electron chi connectivity index (χ1n) is 8.15. The molecule has 0 unspecified atom stereocenters. The van der Waals surface area contributed by atoms with Gasteiger partial charge in [0.2, 0.25) is 5.91 Å². The van der Waals surface area contributed by atoms with E-state index in [1.165, 1.54) is 18.3 Å². The van der Waals surface area contributed by atoms with E-state index in [9.17, 15) is 14.4 Å². The van der Waals surface area contributed by atoms with Crippen LogP contribution in [0.5, 0.6) is 0 Å². The summed E-state index contributed by atoms with van der Waals surface area (Å²) in [5.41, 5.74) is 0.351. The highest BCUT2D eigenvalue weighted by Gasteiger charge is 2.18. The van der Waals surface area contributed by atoms with Crippen molar-refractivity contribution >= 4 is 17.8 Å². The fourth-order valence-electron chi connectivity index (χ4n) is 2.38. The van der Waals surface area contributed by atoms with E-state index in [4.69, 9.17) is 8.83 Å². The average Bonchev–Trinajstić information content (AvgIpc) is 3.27. The first-order valence-corrected chi connectivity index (χ1v) is 8.15. The first kappa shape index (κ1) is 19.3. The molecule has 0 aliphatic rings. The molecule has 0 atom stereocenters. The number of amides is 2. The number of hydrogen-bond acceptors (Lipinski definition) is 6. The lowest BCUT2D eigenvalue weighted by Gasteiger charge is -2.15. The van der Waals surface area contributed by atoms with E-state index >= 15 is 0 Å². The zero-order chi connectivity index (χ0) is 19.1. The largest absolute Gasteiger partial charge is 0.465 e. The molecule has 0 bridgehead atoms. The molecular weight excluding hydrogens is 340 g/mol. The minimum absolute atomic E-state index is 0.0917. The smallest absolute Gasteiger partial charge is 0.341 e. The summed E-state index contributed by atoms with van der Waals surface area (Å²) in [5, 5.41) is 2.69. The second kappa shape index (κ2) is 8.89. The number of furan rings is 2. The van der Waals surface area contributed by atoms with Crippen molar-refractivity contribution in [2.75, 3.05) is 20.7 Å². The van der Waals surface area contributed by atoms with E-state index in [1.807, 2.05) is 0 Å². The predicted molar refractivity (Wildman–Crippen MR) is 91.5 cm³/mol. The number of aryl methyl sites for hydroxylation is 1. The Morgan fingerprint density at radius 1 is 1.31 bits per heavy atom. The highest BCUT2D eigenvalue weighted by atomic mass is 16.5. The van der Waals surface area contributed by atoms with Crippen molar-refractivity contribution in [1.82, 2.24) is 10.2 Å². The van der Waals surface area contributed by atoms with Gasteiger partial charge in [-0.05, 0) is 31.5 Å². The van der Waals surface area contributed by atoms with Gasteiger partial charge in [0.1, 0.15) is 17.1 Å². The summed E-state index contributed by atoms with van der Waals surface area (Å²) in [6.45, 7) is 2.28. The van der Waals surface area contributed by atoms with Crippen LogP contribution in [0.2, 0.25) is 0 Å². The lowest BCUT2D eigenvalue weighted by Crippen LogP contribution is -2.28. The van der Waals surface area contributed by atoms with Crippen molar-refractivity contribution in [1.29, 1.82) is 0 Å². The van der Waals surface area contributed by atoms with Gasteiger partial charge < -0.3 is 23.8 Å². The summed E-state index contributed by atoms with van der Waals surface area (Å²) in [4.78, 5) is 36.9. The number of nitrogens with zero attached hydrogens (tertiary/aromatic N) is 1. The third-order valence-electron chi connectivity index (χ3n) is 3.79. The van der Waals surface area contributed by atoms with Crippen molar-refractivity contribution in [3.05, 3.63) is 47.3 Å². The molecule has 8 heteroatoms. The Hall–Kier alpha value is -3.03. The number of nitrogens with one attached hydrogen (secondary N) is 1. The summed E-state index contributed by atoms with van der Waals surface area (Å²) in [5.74, 6) is 0.322. The Morgan fingerprint density at radius 2 is 2.08 bits per heavy atom. The maximum atomic E-state index is 12.2. The Bertz CT molecular complexity index is 763. The molecular formula is C18H22N2O6. The molecule has 2 aromatic rings. The van der Waals surface area contributed by atoms with Crippen LogP contribution in [0.3, 0.4) is 0 Å². The van der Waals surface area contributed by atoms with Crippen molar-refractivity contribution < 1.29 is 28.0 Å². The SMILES string of the molecule is COC(=O)c1cc(CN(C)C(=O)CCCNC(=O)c2ccco2)oc1C. The van der Waals surface area contributed by atoms with Gasteiger partial charge >= 0.3 is 5.97 Å². The monoisotopic (exact) mass is 362 g/mol. The van der Waals surface area contributed by atoms with Gasteiger partial charge in [0.15, 0.2) is 5.76 Å². The number of hydrogen-bond donors (Lipinski definition) is 1. The lowest BCUT2D eigenvalue weighted by atomic mass is 10.2. The predicted octanol–water partition coefficient (Wildman–Crippen LogP) is 2.14. The van der Waals surface area contributed by atoms with Crippen molar-refractivity contribution in [3.63, 3.8) is 0 Å². The maximum absolute atomic E-state index is 12.2. The second-order valence-corrected chi connectivity index (χ2v) is 5.76. The minimum Gasteiger partial charge on any atom is -0.465 e. The molecule has 140 valence electrons. The number of ether oxygens (including phenoxy) is 1. The van der Waals surface area contributed by atoms with Crippen LogP contribution in [-0.2, 0) is 16.1 Å². The zero-order valence-corrected chi connectivity index (χ0v) is 15.0. The van der Waals surface area contributed by atoms with Crippen LogP contribution < -0.4 is 5.32 Å². The molecule has 0 fully saturated rings. The molecule has 0 saturated heterocycles. The molecule has 0 aliphatic heterocycles. The number of esters is 1. The Balaban J connectivity index is 1.75. The van der Waals surface area contributed by atoms with Crippen molar-refractivity contribution in [2.24, 2.45) is 0 Å². The molecule has 2 heterocycles. The van der Waals surface area contributed by atoms with Crippen LogP contribution in [0.15, 0.2) is 33.3 Å². The number of carbonyl (C=O) groups is 3. The molecule has 2 aromatic heterocycles. The molecule has 0 saturated carbocycles. The van der Waals surface area contributed by atoms with Crippen molar-refractivity contribution in [3.8, 4) is 0 Å². The Labute approximate surface area is 151 Å². The van der Waals surface area contributed by atoms with Crippen LogP contribution in [0.25, 0.3) is 0 Å². The van der Waals surface area contributed by atoms with E-state index < -0.39 is 5.97 Å². The molecule has 0 spiro atoms. The van der Waals surface area contributed by atoms with Gasteiger partial charge in [-0.3, -0.25) is 9.59 Å². The van der Waals surface area contributed by atoms with E-state index in [2.05, 4.69) is 10.1 Å². The molecule has 8 nitrogen and oxygen atoms in total. The lowest BCUT2D eigenvalue weighted by molar-refractivity contribution is -0.130. The third-order valence-corrected chi connectivity index (χ3v) is 3.79. The van der Waals surface area contributed by atoms with Crippen LogP contribution in [0.4, 0.5) is 0 Å². The first-order chi connectivity index (χ1) is 12.4. The molecule has 0 aromatic carbocycles. The molecule has 0 radical (unpaired) electrons. The molecule has 26 heavy (non-hydrogen) atoms.